The summed E-state index contributed by atoms with van der Waals surface area (Å²) in [5, 5.41) is 10.7. The molecule has 0 aliphatic carbocycles. The van der Waals surface area contributed by atoms with E-state index in [-0.39, 0.29) is 11.3 Å². The molecular formula is C13H9N3O3S2. The zero-order valence-electron chi connectivity index (χ0n) is 10.6. The largest absolute Gasteiger partial charge is 0.477 e. The van der Waals surface area contributed by atoms with Crippen molar-refractivity contribution in [3.8, 4) is 0 Å². The number of aromatic carboxylic acids is 1. The summed E-state index contributed by atoms with van der Waals surface area (Å²) in [6.07, 6.45) is 1.45. The van der Waals surface area contributed by atoms with E-state index < -0.39 is 5.97 Å². The molecule has 0 bridgehead atoms. The molecule has 0 aromatic carbocycles. The highest BCUT2D eigenvalue weighted by Crippen LogP contribution is 2.22. The maximum absolute atomic E-state index is 11.8. The second-order valence-electron chi connectivity index (χ2n) is 4.12. The summed E-state index contributed by atoms with van der Waals surface area (Å²) in [5.74, 6) is -0.0577. The van der Waals surface area contributed by atoms with Crippen molar-refractivity contribution in [2.24, 2.45) is 0 Å². The number of carbonyl (C=O) groups is 1. The van der Waals surface area contributed by atoms with Crippen molar-refractivity contribution in [2.75, 3.05) is 0 Å². The normalized spacial score (nSPS) is 10.9. The average Bonchev–Trinajstić information content (AvgIpc) is 2.94. The van der Waals surface area contributed by atoms with Crippen molar-refractivity contribution in [3.63, 3.8) is 0 Å². The molecule has 21 heavy (non-hydrogen) atoms. The van der Waals surface area contributed by atoms with Crippen LogP contribution in [0.1, 0.15) is 16.3 Å². The van der Waals surface area contributed by atoms with Gasteiger partial charge in [0.25, 0.3) is 5.56 Å². The highest BCUT2D eigenvalue weighted by Gasteiger charge is 2.08. The van der Waals surface area contributed by atoms with Crippen LogP contribution in [0, 0.1) is 0 Å². The Labute approximate surface area is 126 Å². The Kier molecular flexibility index (Phi) is 3.72. The zero-order chi connectivity index (χ0) is 14.8. The van der Waals surface area contributed by atoms with Gasteiger partial charge in [-0.15, -0.1) is 23.1 Å². The summed E-state index contributed by atoms with van der Waals surface area (Å²) in [4.78, 5) is 34.3. The van der Waals surface area contributed by atoms with Crippen LogP contribution in [0.2, 0.25) is 0 Å². The number of rotatable bonds is 4. The quantitative estimate of drug-likeness (QED) is 0.717. The highest BCUT2D eigenvalue weighted by atomic mass is 32.2. The third-order valence-electron chi connectivity index (χ3n) is 2.69. The first-order valence-corrected chi connectivity index (χ1v) is 7.78. The molecule has 8 heteroatoms. The van der Waals surface area contributed by atoms with Gasteiger partial charge < -0.3 is 10.1 Å². The van der Waals surface area contributed by atoms with Gasteiger partial charge in [-0.1, -0.05) is 0 Å². The lowest BCUT2D eigenvalue weighted by Crippen LogP contribution is -2.09. The molecule has 0 radical (unpaired) electrons. The Bertz CT molecular complexity index is 872. The number of carboxylic acid groups (broad SMARTS) is 1. The van der Waals surface area contributed by atoms with Crippen molar-refractivity contribution >= 4 is 39.3 Å². The fourth-order valence-corrected chi connectivity index (χ4v) is 3.28. The first-order valence-electron chi connectivity index (χ1n) is 5.92. The maximum Gasteiger partial charge on any atom is 0.354 e. The van der Waals surface area contributed by atoms with Crippen molar-refractivity contribution in [3.05, 3.63) is 51.6 Å². The number of thiophene rings is 1. The summed E-state index contributed by atoms with van der Waals surface area (Å²) in [6.45, 7) is 0. The van der Waals surface area contributed by atoms with Gasteiger partial charge in [-0.3, -0.25) is 4.79 Å². The van der Waals surface area contributed by atoms with E-state index in [0.29, 0.717) is 21.8 Å². The fraction of sp³-hybridized carbons (Fsp3) is 0.0769. The molecule has 3 heterocycles. The number of carboxylic acids is 1. The zero-order valence-corrected chi connectivity index (χ0v) is 12.2. The second-order valence-corrected chi connectivity index (χ2v) is 6.08. The van der Waals surface area contributed by atoms with Gasteiger partial charge in [-0.25, -0.2) is 14.8 Å². The smallest absolute Gasteiger partial charge is 0.354 e. The van der Waals surface area contributed by atoms with Crippen molar-refractivity contribution in [1.29, 1.82) is 0 Å². The molecule has 3 rings (SSSR count). The number of hydrogen-bond donors (Lipinski definition) is 2. The maximum atomic E-state index is 11.8. The number of aromatic nitrogens is 3. The standard InChI is InChI=1S/C13H9N3O3S2/c17-12-11-8(2-4-20-11)15-10(16-12)6-21-7-1-3-14-9(5-7)13(18)19/h1-5H,6H2,(H,18,19)(H,15,16,17). The lowest BCUT2D eigenvalue weighted by molar-refractivity contribution is 0.0690. The molecule has 0 amide bonds. The van der Waals surface area contributed by atoms with E-state index in [1.54, 1.807) is 12.1 Å². The van der Waals surface area contributed by atoms with E-state index in [9.17, 15) is 9.59 Å². The van der Waals surface area contributed by atoms with E-state index in [2.05, 4.69) is 15.0 Å². The molecule has 0 saturated heterocycles. The minimum Gasteiger partial charge on any atom is -0.477 e. The molecule has 0 saturated carbocycles. The Hall–Kier alpha value is -2.19. The van der Waals surface area contributed by atoms with E-state index in [0.717, 1.165) is 4.90 Å². The van der Waals surface area contributed by atoms with Crippen LogP contribution in [-0.2, 0) is 5.75 Å². The fourth-order valence-electron chi connectivity index (χ4n) is 1.76. The Morgan fingerprint density at radius 3 is 3.10 bits per heavy atom. The number of hydrogen-bond acceptors (Lipinski definition) is 6. The third-order valence-corrected chi connectivity index (χ3v) is 4.60. The number of thioether (sulfide) groups is 1. The molecule has 0 unspecified atom stereocenters. The molecule has 0 aliphatic rings. The van der Waals surface area contributed by atoms with Gasteiger partial charge in [-0.05, 0) is 23.6 Å². The molecule has 106 valence electrons. The van der Waals surface area contributed by atoms with Crippen LogP contribution in [0.25, 0.3) is 10.2 Å². The first-order chi connectivity index (χ1) is 10.1. The van der Waals surface area contributed by atoms with Crippen LogP contribution in [-0.4, -0.2) is 26.0 Å². The Morgan fingerprint density at radius 2 is 2.29 bits per heavy atom. The lowest BCUT2D eigenvalue weighted by atomic mass is 10.3. The molecular weight excluding hydrogens is 310 g/mol. The van der Waals surface area contributed by atoms with Gasteiger partial charge in [0.1, 0.15) is 16.2 Å². The predicted molar refractivity (Wildman–Crippen MR) is 81.0 cm³/mol. The average molecular weight is 319 g/mol. The molecule has 0 spiro atoms. The molecule has 0 aliphatic heterocycles. The van der Waals surface area contributed by atoms with Crippen molar-refractivity contribution in [2.45, 2.75) is 10.6 Å². The number of nitrogens with zero attached hydrogens (tertiary/aromatic N) is 2. The van der Waals surface area contributed by atoms with Crippen LogP contribution in [0.4, 0.5) is 0 Å². The molecule has 6 nitrogen and oxygen atoms in total. The minimum absolute atomic E-state index is 0.00487. The second kappa shape index (κ2) is 5.66. The van der Waals surface area contributed by atoms with E-state index in [1.807, 2.05) is 5.38 Å². The molecule has 3 aromatic rings. The van der Waals surface area contributed by atoms with E-state index in [1.165, 1.54) is 35.4 Å². The van der Waals surface area contributed by atoms with Crippen LogP contribution in [0.3, 0.4) is 0 Å². The van der Waals surface area contributed by atoms with Crippen LogP contribution < -0.4 is 5.56 Å². The summed E-state index contributed by atoms with van der Waals surface area (Å²) in [7, 11) is 0. The van der Waals surface area contributed by atoms with Crippen molar-refractivity contribution < 1.29 is 9.90 Å². The van der Waals surface area contributed by atoms with Crippen LogP contribution >= 0.6 is 23.1 Å². The topological polar surface area (TPSA) is 95.9 Å². The highest BCUT2D eigenvalue weighted by molar-refractivity contribution is 7.98. The molecule has 2 N–H and O–H groups in total. The van der Waals surface area contributed by atoms with Gasteiger partial charge in [0.05, 0.1) is 11.3 Å². The third kappa shape index (κ3) is 2.96. The first kappa shape index (κ1) is 13.8. The van der Waals surface area contributed by atoms with Crippen LogP contribution in [0.15, 0.2) is 39.5 Å². The lowest BCUT2D eigenvalue weighted by Gasteiger charge is -2.02. The Morgan fingerprint density at radius 1 is 1.43 bits per heavy atom. The van der Waals surface area contributed by atoms with Gasteiger partial charge in [0.15, 0.2) is 0 Å². The summed E-state index contributed by atoms with van der Waals surface area (Å²) in [6, 6.07) is 5.02. The minimum atomic E-state index is -1.07. The summed E-state index contributed by atoms with van der Waals surface area (Å²) < 4.78 is 0.612. The summed E-state index contributed by atoms with van der Waals surface area (Å²) >= 11 is 2.75. The van der Waals surface area contributed by atoms with E-state index in [4.69, 9.17) is 5.11 Å². The predicted octanol–water partition coefficient (Wildman–Crippen LogP) is 2.37. The van der Waals surface area contributed by atoms with Gasteiger partial charge in [-0.2, -0.15) is 0 Å². The van der Waals surface area contributed by atoms with Gasteiger partial charge >= 0.3 is 5.97 Å². The molecule has 0 atom stereocenters. The van der Waals surface area contributed by atoms with Gasteiger partial charge in [0, 0.05) is 11.1 Å². The van der Waals surface area contributed by atoms with Crippen LogP contribution in [0.5, 0.6) is 0 Å². The number of fused-ring (bicyclic) bond motifs is 1. The van der Waals surface area contributed by atoms with Gasteiger partial charge in [0.2, 0.25) is 0 Å². The van der Waals surface area contributed by atoms with Crippen molar-refractivity contribution in [1.82, 2.24) is 15.0 Å². The number of nitrogens with one attached hydrogen (secondary N) is 1. The number of aromatic amines is 1. The monoisotopic (exact) mass is 319 g/mol. The van der Waals surface area contributed by atoms with E-state index >= 15 is 0 Å². The number of pyridine rings is 1. The summed E-state index contributed by atoms with van der Waals surface area (Å²) in [5.41, 5.74) is 0.529. The molecule has 3 aromatic heterocycles. The Balaban J connectivity index is 1.81. The number of H-pyrrole nitrogens is 1. The molecule has 0 fully saturated rings. The SMILES string of the molecule is O=C(O)c1cc(SCc2nc3ccsc3c(=O)[nH]2)ccn1.